The zero-order valence-electron chi connectivity index (χ0n) is 10.5. The summed E-state index contributed by atoms with van der Waals surface area (Å²) in [6.45, 7) is 1.10. The highest BCUT2D eigenvalue weighted by Gasteiger charge is 2.05. The fourth-order valence-electron chi connectivity index (χ4n) is 1.49. The number of hydrogen-bond donors (Lipinski definition) is 1. The lowest BCUT2D eigenvalue weighted by atomic mass is 10.3. The van der Waals surface area contributed by atoms with Gasteiger partial charge in [0.15, 0.2) is 0 Å². The van der Waals surface area contributed by atoms with Gasteiger partial charge in [-0.3, -0.25) is 9.78 Å². The number of aromatic nitrogens is 2. The Bertz CT molecular complexity index is 503. The van der Waals surface area contributed by atoms with E-state index >= 15 is 0 Å². The molecule has 5 heteroatoms. The van der Waals surface area contributed by atoms with Crippen LogP contribution in [-0.2, 0) is 0 Å². The molecule has 0 saturated carbocycles. The maximum absolute atomic E-state index is 11.6. The van der Waals surface area contributed by atoms with Crippen molar-refractivity contribution in [1.82, 2.24) is 15.3 Å². The summed E-state index contributed by atoms with van der Waals surface area (Å²) in [6.07, 6.45) is 5.20. The highest BCUT2D eigenvalue weighted by Crippen LogP contribution is 2.07. The number of ether oxygens (including phenoxy) is 1. The first-order valence-electron chi connectivity index (χ1n) is 6.08. The molecule has 98 valence electrons. The summed E-state index contributed by atoms with van der Waals surface area (Å²) < 4.78 is 5.51. The molecular formula is C14H15N3O2. The molecule has 1 aromatic carbocycles. The minimum Gasteiger partial charge on any atom is -0.494 e. The molecule has 0 radical (unpaired) electrons. The molecule has 0 saturated heterocycles. The van der Waals surface area contributed by atoms with Gasteiger partial charge in [0.2, 0.25) is 0 Å². The van der Waals surface area contributed by atoms with Crippen LogP contribution in [0.25, 0.3) is 0 Å². The maximum atomic E-state index is 11.6. The Morgan fingerprint density at radius 3 is 2.79 bits per heavy atom. The fraction of sp³-hybridized carbons (Fsp3) is 0.214. The van der Waals surface area contributed by atoms with E-state index in [4.69, 9.17) is 4.74 Å². The molecule has 0 spiro atoms. The first-order chi connectivity index (χ1) is 9.36. The van der Waals surface area contributed by atoms with Crippen LogP contribution < -0.4 is 10.1 Å². The molecule has 1 N–H and O–H groups in total. The van der Waals surface area contributed by atoms with Gasteiger partial charge in [0, 0.05) is 18.9 Å². The average molecular weight is 257 g/mol. The van der Waals surface area contributed by atoms with Crippen molar-refractivity contribution in [1.29, 1.82) is 0 Å². The summed E-state index contributed by atoms with van der Waals surface area (Å²) in [5.41, 5.74) is 0.325. The Morgan fingerprint density at radius 1 is 1.21 bits per heavy atom. The predicted octanol–water partition coefficient (Wildman–Crippen LogP) is 1.68. The average Bonchev–Trinajstić information content (AvgIpc) is 2.49. The van der Waals surface area contributed by atoms with Crippen LogP contribution in [0.15, 0.2) is 48.9 Å². The third-order valence-electron chi connectivity index (χ3n) is 2.41. The molecule has 0 aliphatic rings. The monoisotopic (exact) mass is 257 g/mol. The highest BCUT2D eigenvalue weighted by atomic mass is 16.5. The van der Waals surface area contributed by atoms with E-state index in [0.717, 1.165) is 12.2 Å². The van der Waals surface area contributed by atoms with Crippen LogP contribution in [0.1, 0.15) is 16.9 Å². The zero-order chi connectivity index (χ0) is 13.3. The Morgan fingerprint density at radius 2 is 2.05 bits per heavy atom. The second-order valence-electron chi connectivity index (χ2n) is 3.86. The fourth-order valence-corrected chi connectivity index (χ4v) is 1.49. The van der Waals surface area contributed by atoms with Crippen molar-refractivity contribution in [3.05, 3.63) is 54.6 Å². The summed E-state index contributed by atoms with van der Waals surface area (Å²) in [4.78, 5) is 19.4. The van der Waals surface area contributed by atoms with Crippen molar-refractivity contribution in [2.45, 2.75) is 6.42 Å². The molecule has 0 bridgehead atoms. The molecular weight excluding hydrogens is 242 g/mol. The van der Waals surface area contributed by atoms with Crippen LogP contribution in [0.3, 0.4) is 0 Å². The zero-order valence-corrected chi connectivity index (χ0v) is 10.5. The first-order valence-corrected chi connectivity index (χ1v) is 6.08. The van der Waals surface area contributed by atoms with Gasteiger partial charge in [0.05, 0.1) is 12.8 Å². The van der Waals surface area contributed by atoms with Gasteiger partial charge < -0.3 is 10.1 Å². The molecule has 2 aromatic rings. The van der Waals surface area contributed by atoms with Crippen LogP contribution in [0, 0.1) is 0 Å². The SMILES string of the molecule is O=C(NCCCOc1ccccc1)c1cnccn1. The Hall–Kier alpha value is -2.43. The Kier molecular flexibility index (Phi) is 4.87. The standard InChI is InChI=1S/C14H15N3O2/c18-14(13-11-15-8-9-16-13)17-7-4-10-19-12-5-2-1-3-6-12/h1-3,5-6,8-9,11H,4,7,10H2,(H,17,18). The molecule has 5 nitrogen and oxygen atoms in total. The second-order valence-corrected chi connectivity index (χ2v) is 3.86. The van der Waals surface area contributed by atoms with Crippen molar-refractivity contribution in [3.8, 4) is 5.75 Å². The molecule has 1 aromatic heterocycles. The van der Waals surface area contributed by atoms with Gasteiger partial charge in [-0.2, -0.15) is 0 Å². The number of hydrogen-bond acceptors (Lipinski definition) is 4. The van der Waals surface area contributed by atoms with Crippen molar-refractivity contribution in [2.24, 2.45) is 0 Å². The third-order valence-corrected chi connectivity index (χ3v) is 2.41. The Balaban J connectivity index is 1.63. The largest absolute Gasteiger partial charge is 0.494 e. The van der Waals surface area contributed by atoms with E-state index in [2.05, 4.69) is 15.3 Å². The minimum absolute atomic E-state index is 0.215. The molecule has 0 fully saturated rings. The topological polar surface area (TPSA) is 64.1 Å². The lowest BCUT2D eigenvalue weighted by Gasteiger charge is -2.06. The molecule has 2 rings (SSSR count). The van der Waals surface area contributed by atoms with E-state index in [9.17, 15) is 4.79 Å². The van der Waals surface area contributed by atoms with Gasteiger partial charge >= 0.3 is 0 Å². The van der Waals surface area contributed by atoms with E-state index in [-0.39, 0.29) is 5.91 Å². The quantitative estimate of drug-likeness (QED) is 0.800. The van der Waals surface area contributed by atoms with Crippen LogP contribution in [0.2, 0.25) is 0 Å². The van der Waals surface area contributed by atoms with E-state index < -0.39 is 0 Å². The minimum atomic E-state index is -0.215. The molecule has 0 aliphatic heterocycles. The normalized spacial score (nSPS) is 9.89. The maximum Gasteiger partial charge on any atom is 0.271 e. The van der Waals surface area contributed by atoms with Gasteiger partial charge in [0.25, 0.3) is 5.91 Å². The Labute approximate surface area is 111 Å². The second kappa shape index (κ2) is 7.10. The molecule has 19 heavy (non-hydrogen) atoms. The molecule has 0 atom stereocenters. The number of nitrogens with zero attached hydrogens (tertiary/aromatic N) is 2. The molecule has 0 unspecified atom stereocenters. The number of para-hydroxylation sites is 1. The van der Waals surface area contributed by atoms with Crippen molar-refractivity contribution >= 4 is 5.91 Å². The lowest BCUT2D eigenvalue weighted by molar-refractivity contribution is 0.0946. The van der Waals surface area contributed by atoms with Gasteiger partial charge in [-0.1, -0.05) is 18.2 Å². The third kappa shape index (κ3) is 4.39. The van der Waals surface area contributed by atoms with Gasteiger partial charge in [-0.25, -0.2) is 4.98 Å². The highest BCUT2D eigenvalue weighted by molar-refractivity contribution is 5.91. The molecule has 1 amide bonds. The van der Waals surface area contributed by atoms with Crippen molar-refractivity contribution < 1.29 is 9.53 Å². The van der Waals surface area contributed by atoms with Crippen LogP contribution in [-0.4, -0.2) is 29.0 Å². The van der Waals surface area contributed by atoms with Gasteiger partial charge in [-0.05, 0) is 18.6 Å². The van der Waals surface area contributed by atoms with Crippen molar-refractivity contribution in [3.63, 3.8) is 0 Å². The van der Waals surface area contributed by atoms with E-state index in [0.29, 0.717) is 18.8 Å². The number of rotatable bonds is 6. The summed E-state index contributed by atoms with van der Waals surface area (Å²) in [6, 6.07) is 9.58. The van der Waals surface area contributed by atoms with Gasteiger partial charge in [0.1, 0.15) is 11.4 Å². The van der Waals surface area contributed by atoms with Crippen LogP contribution >= 0.6 is 0 Å². The number of amides is 1. The predicted molar refractivity (Wildman–Crippen MR) is 70.9 cm³/mol. The van der Waals surface area contributed by atoms with E-state index in [1.807, 2.05) is 30.3 Å². The summed E-state index contributed by atoms with van der Waals surface area (Å²) in [5, 5.41) is 2.76. The first kappa shape index (κ1) is 13.0. The number of carbonyl (C=O) groups excluding carboxylic acids is 1. The lowest BCUT2D eigenvalue weighted by Crippen LogP contribution is -2.26. The molecule has 0 aliphatic carbocycles. The summed E-state index contributed by atoms with van der Waals surface area (Å²) in [5.74, 6) is 0.621. The molecule has 1 heterocycles. The van der Waals surface area contributed by atoms with E-state index in [1.165, 1.54) is 18.6 Å². The number of carbonyl (C=O) groups is 1. The number of benzene rings is 1. The summed E-state index contributed by atoms with van der Waals surface area (Å²) in [7, 11) is 0. The van der Waals surface area contributed by atoms with E-state index in [1.54, 1.807) is 0 Å². The van der Waals surface area contributed by atoms with Crippen LogP contribution in [0.5, 0.6) is 5.75 Å². The summed E-state index contributed by atoms with van der Waals surface area (Å²) >= 11 is 0. The van der Waals surface area contributed by atoms with Gasteiger partial charge in [-0.15, -0.1) is 0 Å². The number of nitrogens with one attached hydrogen (secondary N) is 1. The van der Waals surface area contributed by atoms with Crippen LogP contribution in [0.4, 0.5) is 0 Å². The van der Waals surface area contributed by atoms with Crippen molar-refractivity contribution in [2.75, 3.05) is 13.2 Å². The smallest absolute Gasteiger partial charge is 0.271 e.